The predicted molar refractivity (Wildman–Crippen MR) is 70.5 cm³/mol. The van der Waals surface area contributed by atoms with Gasteiger partial charge < -0.3 is 15.3 Å². The van der Waals surface area contributed by atoms with E-state index in [4.69, 9.17) is 0 Å². The van der Waals surface area contributed by atoms with Gasteiger partial charge in [0.1, 0.15) is 11.5 Å². The van der Waals surface area contributed by atoms with E-state index < -0.39 is 6.10 Å². The second kappa shape index (κ2) is 3.96. The number of aromatic hydroxyl groups is 2. The van der Waals surface area contributed by atoms with Crippen LogP contribution in [-0.2, 0) is 0 Å². The average Bonchev–Trinajstić information content (AvgIpc) is 2.32. The molecule has 0 unspecified atom stereocenters. The fourth-order valence-electron chi connectivity index (χ4n) is 2.77. The molecule has 0 amide bonds. The Hall–Kier alpha value is -2.07. The molecule has 0 fully saturated rings. The number of hydrogen-bond donors (Lipinski definition) is 3. The van der Waals surface area contributed by atoms with E-state index in [0.717, 1.165) is 5.56 Å². The second-order valence-electron chi connectivity index (χ2n) is 5.05. The van der Waals surface area contributed by atoms with Crippen molar-refractivity contribution in [2.24, 2.45) is 0 Å². The fraction of sp³-hybridized carbons (Fsp3) is 0.267. The number of phenols is 2. The van der Waals surface area contributed by atoms with Crippen molar-refractivity contribution in [2.75, 3.05) is 0 Å². The third-order valence-corrected chi connectivity index (χ3v) is 3.65. The number of rotatable bonds is 0. The highest BCUT2D eigenvalue weighted by molar-refractivity contribution is 6.08. The summed E-state index contributed by atoms with van der Waals surface area (Å²) < 4.78 is 0. The van der Waals surface area contributed by atoms with Crippen LogP contribution < -0.4 is 0 Å². The van der Waals surface area contributed by atoms with Crippen LogP contribution in [0.1, 0.15) is 40.4 Å². The summed E-state index contributed by atoms with van der Waals surface area (Å²) in [5, 5.41) is 31.1. The van der Waals surface area contributed by atoms with Gasteiger partial charge in [-0.1, -0.05) is 6.07 Å². The molecule has 19 heavy (non-hydrogen) atoms. The topological polar surface area (TPSA) is 77.8 Å². The number of aliphatic hydroxyl groups is 1. The predicted octanol–water partition coefficient (Wildman–Crippen LogP) is 2.57. The number of aliphatic hydroxyl groups excluding tert-OH is 1. The molecule has 0 radical (unpaired) electrons. The van der Waals surface area contributed by atoms with Crippen molar-refractivity contribution < 1.29 is 20.1 Å². The molecule has 2 aromatic rings. The van der Waals surface area contributed by atoms with E-state index in [0.29, 0.717) is 17.4 Å². The van der Waals surface area contributed by atoms with Gasteiger partial charge in [0.15, 0.2) is 5.78 Å². The van der Waals surface area contributed by atoms with E-state index >= 15 is 0 Å². The Labute approximate surface area is 109 Å². The molecule has 0 bridgehead atoms. The van der Waals surface area contributed by atoms with Gasteiger partial charge >= 0.3 is 0 Å². The smallest absolute Gasteiger partial charge is 0.167 e. The largest absolute Gasteiger partial charge is 0.507 e. The zero-order valence-electron chi connectivity index (χ0n) is 10.5. The lowest BCUT2D eigenvalue weighted by atomic mass is 9.85. The van der Waals surface area contributed by atoms with Crippen molar-refractivity contribution in [3.05, 3.63) is 34.9 Å². The first-order valence-corrected chi connectivity index (χ1v) is 6.19. The van der Waals surface area contributed by atoms with Crippen molar-refractivity contribution >= 4 is 16.6 Å². The number of hydrogen-bond acceptors (Lipinski definition) is 4. The van der Waals surface area contributed by atoms with Crippen LogP contribution in [0, 0.1) is 6.92 Å². The minimum Gasteiger partial charge on any atom is -0.507 e. The van der Waals surface area contributed by atoms with E-state index in [1.54, 1.807) is 12.1 Å². The van der Waals surface area contributed by atoms with Gasteiger partial charge in [-0.2, -0.15) is 0 Å². The van der Waals surface area contributed by atoms with Gasteiger partial charge in [0.2, 0.25) is 0 Å². The van der Waals surface area contributed by atoms with Crippen LogP contribution in [0.5, 0.6) is 11.5 Å². The highest BCUT2D eigenvalue weighted by Gasteiger charge is 2.29. The van der Waals surface area contributed by atoms with Gasteiger partial charge in [0.25, 0.3) is 0 Å². The summed E-state index contributed by atoms with van der Waals surface area (Å²) >= 11 is 0. The van der Waals surface area contributed by atoms with Crippen LogP contribution in [0.25, 0.3) is 10.8 Å². The molecular formula is C15H14O4. The molecule has 4 heteroatoms. The van der Waals surface area contributed by atoms with E-state index in [1.807, 2.05) is 6.92 Å². The van der Waals surface area contributed by atoms with Crippen molar-refractivity contribution in [1.29, 1.82) is 0 Å². The highest BCUT2D eigenvalue weighted by Crippen LogP contribution is 2.43. The molecule has 0 spiro atoms. The molecule has 98 valence electrons. The van der Waals surface area contributed by atoms with E-state index in [1.165, 1.54) is 6.07 Å². The number of ketones is 1. The van der Waals surface area contributed by atoms with Crippen LogP contribution in [-0.4, -0.2) is 21.1 Å². The summed E-state index contributed by atoms with van der Waals surface area (Å²) in [6.07, 6.45) is -0.167. The van der Waals surface area contributed by atoms with Crippen molar-refractivity contribution in [3.63, 3.8) is 0 Å². The van der Waals surface area contributed by atoms with Crippen molar-refractivity contribution in [3.8, 4) is 11.5 Å². The van der Waals surface area contributed by atoms with Gasteiger partial charge in [-0.15, -0.1) is 0 Å². The van der Waals surface area contributed by atoms with E-state index in [-0.39, 0.29) is 34.7 Å². The number of aryl methyl sites for hydroxylation is 1. The quantitative estimate of drug-likeness (QED) is 0.678. The third kappa shape index (κ3) is 1.68. The summed E-state index contributed by atoms with van der Waals surface area (Å²) in [5.74, 6) is -0.475. The molecule has 1 atom stereocenters. The van der Waals surface area contributed by atoms with Gasteiger partial charge in [0, 0.05) is 6.42 Å². The summed E-state index contributed by atoms with van der Waals surface area (Å²) in [7, 11) is 0. The molecule has 0 aromatic heterocycles. The molecule has 4 nitrogen and oxygen atoms in total. The summed E-state index contributed by atoms with van der Waals surface area (Å²) in [5.41, 5.74) is 1.44. The normalized spacial score (nSPS) is 18.6. The minimum absolute atomic E-state index is 0.0526. The average molecular weight is 258 g/mol. The van der Waals surface area contributed by atoms with E-state index in [2.05, 4.69) is 0 Å². The highest BCUT2D eigenvalue weighted by atomic mass is 16.3. The summed E-state index contributed by atoms with van der Waals surface area (Å²) in [4.78, 5) is 11.9. The molecule has 1 aliphatic rings. The first kappa shape index (κ1) is 12.0. The molecule has 2 aromatic carbocycles. The van der Waals surface area contributed by atoms with Crippen molar-refractivity contribution in [2.45, 2.75) is 25.9 Å². The van der Waals surface area contributed by atoms with Gasteiger partial charge in [-0.3, -0.25) is 4.79 Å². The first-order valence-electron chi connectivity index (χ1n) is 6.19. The Kier molecular flexibility index (Phi) is 2.50. The lowest BCUT2D eigenvalue weighted by molar-refractivity contribution is 0.0893. The number of carbonyl (C=O) groups is 1. The molecule has 3 rings (SSSR count). The zero-order chi connectivity index (χ0) is 13.7. The second-order valence-corrected chi connectivity index (χ2v) is 5.05. The van der Waals surface area contributed by atoms with Crippen molar-refractivity contribution in [1.82, 2.24) is 0 Å². The number of fused-ring (bicyclic) bond motifs is 2. The first-order chi connectivity index (χ1) is 8.99. The fourth-order valence-corrected chi connectivity index (χ4v) is 2.77. The van der Waals surface area contributed by atoms with E-state index in [9.17, 15) is 20.1 Å². The molecule has 0 saturated heterocycles. The van der Waals surface area contributed by atoms with Gasteiger partial charge in [-0.25, -0.2) is 0 Å². The number of phenolic OH excluding ortho intramolecular Hbond substituents is 2. The van der Waals surface area contributed by atoms with Crippen LogP contribution in [0.3, 0.4) is 0 Å². The molecule has 1 aliphatic carbocycles. The maximum Gasteiger partial charge on any atom is 0.167 e. The zero-order valence-corrected chi connectivity index (χ0v) is 10.5. The Morgan fingerprint density at radius 2 is 1.95 bits per heavy atom. The Balaban J connectivity index is 2.45. The van der Waals surface area contributed by atoms with Crippen LogP contribution in [0.4, 0.5) is 0 Å². The molecule has 0 aliphatic heterocycles. The maximum atomic E-state index is 11.9. The lowest BCUT2D eigenvalue weighted by Gasteiger charge is -2.22. The lowest BCUT2D eigenvalue weighted by Crippen LogP contribution is -2.15. The summed E-state index contributed by atoms with van der Waals surface area (Å²) in [6.45, 7) is 1.83. The van der Waals surface area contributed by atoms with Crippen LogP contribution in [0.15, 0.2) is 18.2 Å². The van der Waals surface area contributed by atoms with Gasteiger partial charge in [-0.05, 0) is 42.0 Å². The molecule has 3 N–H and O–H groups in total. The van der Waals surface area contributed by atoms with Gasteiger partial charge in [0.05, 0.1) is 17.1 Å². The Morgan fingerprint density at radius 3 is 2.68 bits per heavy atom. The maximum absolute atomic E-state index is 11.9. The Morgan fingerprint density at radius 1 is 1.21 bits per heavy atom. The Bertz CT molecular complexity index is 703. The summed E-state index contributed by atoms with van der Waals surface area (Å²) in [6, 6.07) is 5.03. The van der Waals surface area contributed by atoms with Crippen LogP contribution >= 0.6 is 0 Å². The van der Waals surface area contributed by atoms with Crippen LogP contribution in [0.2, 0.25) is 0 Å². The molecule has 0 saturated carbocycles. The number of carbonyl (C=O) groups excluding carboxylic acids is 1. The number of Topliss-reactive ketones (excluding diaryl/α,β-unsaturated/α-hetero) is 1. The SMILES string of the molecule is Cc1cc(O)c2c(O)c3c(cc2c1)[C@H](O)CCC3=O. The standard InChI is InChI=1S/C15H14O4/c1-7-4-8-6-9-10(16)2-3-11(17)14(9)15(19)13(8)12(18)5-7/h4-6,10,16,18-19H,2-3H2,1H3/t10-/m1/s1. The molecule has 0 heterocycles. The number of benzene rings is 2. The molecular weight excluding hydrogens is 244 g/mol. The minimum atomic E-state index is -0.745. The monoisotopic (exact) mass is 258 g/mol. The third-order valence-electron chi connectivity index (χ3n) is 3.65.